The van der Waals surface area contributed by atoms with Crippen LogP contribution in [-0.4, -0.2) is 19.8 Å². The Labute approximate surface area is 96.8 Å². The maximum absolute atomic E-state index is 13.4. The van der Waals surface area contributed by atoms with Gasteiger partial charge in [-0.05, 0) is 37.6 Å². The molecule has 16 heavy (non-hydrogen) atoms. The smallest absolute Gasteiger partial charge is 0.126 e. The molecule has 0 aromatic heterocycles. The molecule has 1 N–H and O–H groups in total. The third-order valence-electron chi connectivity index (χ3n) is 2.54. The van der Waals surface area contributed by atoms with Gasteiger partial charge in [0, 0.05) is 6.61 Å². The molecular formula is C13H20FNO. The van der Waals surface area contributed by atoms with Gasteiger partial charge in [-0.25, -0.2) is 4.39 Å². The van der Waals surface area contributed by atoms with Crippen LogP contribution in [0.4, 0.5) is 4.39 Å². The van der Waals surface area contributed by atoms with Gasteiger partial charge in [-0.15, -0.1) is 0 Å². The zero-order valence-electron chi connectivity index (χ0n) is 10.2. The molecule has 0 amide bonds. The second-order valence-corrected chi connectivity index (χ2v) is 3.78. The largest absolute Gasteiger partial charge is 0.380 e. The Bertz CT molecular complexity index is 328. The van der Waals surface area contributed by atoms with Crippen molar-refractivity contribution in [3.8, 4) is 0 Å². The molecule has 0 radical (unpaired) electrons. The number of ether oxygens (including phenoxy) is 1. The number of nitrogens with one attached hydrogen (secondary N) is 1. The van der Waals surface area contributed by atoms with Crippen LogP contribution < -0.4 is 5.32 Å². The summed E-state index contributed by atoms with van der Waals surface area (Å²) < 4.78 is 18.8. The summed E-state index contributed by atoms with van der Waals surface area (Å²) in [5.41, 5.74) is 1.62. The average molecular weight is 225 g/mol. The van der Waals surface area contributed by atoms with Crippen LogP contribution in [0.5, 0.6) is 0 Å². The van der Waals surface area contributed by atoms with Crippen molar-refractivity contribution < 1.29 is 9.13 Å². The highest BCUT2D eigenvalue weighted by molar-refractivity contribution is 5.25. The topological polar surface area (TPSA) is 21.3 Å². The molecule has 0 heterocycles. The van der Waals surface area contributed by atoms with Gasteiger partial charge in [0.15, 0.2) is 0 Å². The normalized spacial score (nSPS) is 12.8. The SMILES string of the molecule is CCNC(COCC)c1ccc(C)c(F)c1. The first kappa shape index (κ1) is 13.1. The Hall–Kier alpha value is -0.930. The monoisotopic (exact) mass is 225 g/mol. The lowest BCUT2D eigenvalue weighted by Crippen LogP contribution is -2.25. The van der Waals surface area contributed by atoms with Crippen molar-refractivity contribution in [1.29, 1.82) is 0 Å². The Morgan fingerprint density at radius 1 is 1.38 bits per heavy atom. The van der Waals surface area contributed by atoms with E-state index in [9.17, 15) is 4.39 Å². The third kappa shape index (κ3) is 3.58. The third-order valence-corrected chi connectivity index (χ3v) is 2.54. The van der Waals surface area contributed by atoms with Crippen LogP contribution in [0.25, 0.3) is 0 Å². The minimum atomic E-state index is -0.156. The number of benzene rings is 1. The molecule has 0 spiro atoms. The van der Waals surface area contributed by atoms with Crippen LogP contribution in [-0.2, 0) is 4.74 Å². The van der Waals surface area contributed by atoms with Crippen LogP contribution in [0.3, 0.4) is 0 Å². The number of halogens is 1. The number of hydrogen-bond donors (Lipinski definition) is 1. The fourth-order valence-electron chi connectivity index (χ4n) is 1.58. The first-order valence-electron chi connectivity index (χ1n) is 5.76. The van der Waals surface area contributed by atoms with Crippen LogP contribution in [0.15, 0.2) is 18.2 Å². The quantitative estimate of drug-likeness (QED) is 0.803. The highest BCUT2D eigenvalue weighted by atomic mass is 19.1. The second-order valence-electron chi connectivity index (χ2n) is 3.78. The molecule has 0 aliphatic carbocycles. The zero-order valence-corrected chi connectivity index (χ0v) is 10.2. The molecule has 0 aliphatic rings. The van der Waals surface area contributed by atoms with Gasteiger partial charge in [-0.2, -0.15) is 0 Å². The van der Waals surface area contributed by atoms with Crippen molar-refractivity contribution in [3.05, 3.63) is 35.1 Å². The predicted molar refractivity (Wildman–Crippen MR) is 64.0 cm³/mol. The highest BCUT2D eigenvalue weighted by Crippen LogP contribution is 2.17. The van der Waals surface area contributed by atoms with Crippen molar-refractivity contribution in [2.45, 2.75) is 26.8 Å². The van der Waals surface area contributed by atoms with Gasteiger partial charge in [0.1, 0.15) is 5.82 Å². The van der Waals surface area contributed by atoms with Gasteiger partial charge in [0.05, 0.1) is 12.6 Å². The standard InChI is InChI=1S/C13H20FNO/c1-4-15-13(9-16-5-2)11-7-6-10(3)12(14)8-11/h6-8,13,15H,4-5,9H2,1-3H3. The van der Waals surface area contributed by atoms with Crippen LogP contribution in [0.1, 0.15) is 31.0 Å². The molecule has 0 saturated carbocycles. The lowest BCUT2D eigenvalue weighted by atomic mass is 10.1. The van der Waals surface area contributed by atoms with E-state index >= 15 is 0 Å². The van der Waals surface area contributed by atoms with Crippen molar-refractivity contribution >= 4 is 0 Å². The van der Waals surface area contributed by atoms with E-state index in [0.717, 1.165) is 12.1 Å². The molecule has 1 aromatic rings. The van der Waals surface area contributed by atoms with Gasteiger partial charge in [0.2, 0.25) is 0 Å². The Balaban J connectivity index is 2.78. The van der Waals surface area contributed by atoms with E-state index in [2.05, 4.69) is 5.32 Å². The number of aryl methyl sites for hydroxylation is 1. The molecule has 0 fully saturated rings. The van der Waals surface area contributed by atoms with E-state index in [1.54, 1.807) is 19.1 Å². The molecule has 2 nitrogen and oxygen atoms in total. The first-order valence-corrected chi connectivity index (χ1v) is 5.76. The van der Waals surface area contributed by atoms with Gasteiger partial charge < -0.3 is 10.1 Å². The first-order chi connectivity index (χ1) is 7.69. The van der Waals surface area contributed by atoms with Gasteiger partial charge in [-0.1, -0.05) is 19.1 Å². The number of rotatable bonds is 6. The van der Waals surface area contributed by atoms with E-state index in [-0.39, 0.29) is 11.9 Å². The average Bonchev–Trinajstić information content (AvgIpc) is 2.28. The van der Waals surface area contributed by atoms with E-state index in [1.165, 1.54) is 0 Å². The van der Waals surface area contributed by atoms with Crippen molar-refractivity contribution in [2.75, 3.05) is 19.8 Å². The number of hydrogen-bond acceptors (Lipinski definition) is 2. The number of likely N-dealkylation sites (N-methyl/N-ethyl adjacent to an activating group) is 1. The highest BCUT2D eigenvalue weighted by Gasteiger charge is 2.11. The maximum atomic E-state index is 13.4. The fourth-order valence-corrected chi connectivity index (χ4v) is 1.58. The van der Waals surface area contributed by atoms with Crippen LogP contribution in [0.2, 0.25) is 0 Å². The summed E-state index contributed by atoms with van der Waals surface area (Å²) >= 11 is 0. The summed E-state index contributed by atoms with van der Waals surface area (Å²) in [6.07, 6.45) is 0. The van der Waals surface area contributed by atoms with Crippen molar-refractivity contribution in [3.63, 3.8) is 0 Å². The molecule has 90 valence electrons. The molecular weight excluding hydrogens is 205 g/mol. The van der Waals surface area contributed by atoms with Gasteiger partial charge >= 0.3 is 0 Å². The van der Waals surface area contributed by atoms with Crippen LogP contribution >= 0.6 is 0 Å². The fraction of sp³-hybridized carbons (Fsp3) is 0.538. The molecule has 1 rings (SSSR count). The maximum Gasteiger partial charge on any atom is 0.126 e. The minimum absolute atomic E-state index is 0.0695. The van der Waals surface area contributed by atoms with E-state index in [0.29, 0.717) is 18.8 Å². The Kier molecular flexibility index (Phi) is 5.43. The van der Waals surface area contributed by atoms with Crippen molar-refractivity contribution in [2.24, 2.45) is 0 Å². The summed E-state index contributed by atoms with van der Waals surface area (Å²) in [6, 6.07) is 5.41. The van der Waals surface area contributed by atoms with Gasteiger partial charge in [-0.3, -0.25) is 0 Å². The minimum Gasteiger partial charge on any atom is -0.380 e. The Morgan fingerprint density at radius 3 is 2.69 bits per heavy atom. The predicted octanol–water partition coefficient (Wildman–Crippen LogP) is 2.82. The molecule has 1 aromatic carbocycles. The van der Waals surface area contributed by atoms with Crippen LogP contribution in [0, 0.1) is 12.7 Å². The summed E-state index contributed by atoms with van der Waals surface area (Å²) in [5, 5.41) is 3.29. The van der Waals surface area contributed by atoms with E-state index in [1.807, 2.05) is 19.9 Å². The summed E-state index contributed by atoms with van der Waals surface area (Å²) in [6.45, 7) is 7.85. The lowest BCUT2D eigenvalue weighted by Gasteiger charge is -2.18. The molecule has 0 bridgehead atoms. The molecule has 3 heteroatoms. The van der Waals surface area contributed by atoms with E-state index < -0.39 is 0 Å². The summed E-state index contributed by atoms with van der Waals surface area (Å²) in [5.74, 6) is -0.156. The van der Waals surface area contributed by atoms with Crippen molar-refractivity contribution in [1.82, 2.24) is 5.32 Å². The summed E-state index contributed by atoms with van der Waals surface area (Å²) in [7, 11) is 0. The second kappa shape index (κ2) is 6.61. The molecule has 0 saturated heterocycles. The molecule has 1 unspecified atom stereocenters. The Morgan fingerprint density at radius 2 is 2.12 bits per heavy atom. The zero-order chi connectivity index (χ0) is 12.0. The lowest BCUT2D eigenvalue weighted by molar-refractivity contribution is 0.123. The van der Waals surface area contributed by atoms with Gasteiger partial charge in [0.25, 0.3) is 0 Å². The molecule has 1 atom stereocenters. The molecule has 0 aliphatic heterocycles. The van der Waals surface area contributed by atoms with E-state index in [4.69, 9.17) is 4.74 Å². The summed E-state index contributed by atoms with van der Waals surface area (Å²) in [4.78, 5) is 0.